The molecule has 0 radical (unpaired) electrons. The molecule has 0 saturated carbocycles. The van der Waals surface area contributed by atoms with E-state index in [1.807, 2.05) is 39.0 Å². The number of allylic oxidation sites excluding steroid dienone is 1. The third-order valence-corrected chi connectivity index (χ3v) is 11.5. The third kappa shape index (κ3) is 5.69. The molecule has 3 aromatic rings. The molecular formula is C34H35FeN4O4S2+. The topological polar surface area (TPSA) is 131 Å². The summed E-state index contributed by atoms with van der Waals surface area (Å²) in [5.74, 6) is -1.61. The largest absolute Gasteiger partial charge is 4.00 e. The molecular weight excluding hydrogens is 648 g/mol. The molecule has 2 unspecified atom stereocenters. The molecule has 6 heterocycles. The van der Waals surface area contributed by atoms with E-state index in [4.69, 9.17) is 20.3 Å². The van der Waals surface area contributed by atoms with Crippen LogP contribution >= 0.6 is 12.6 Å². The van der Waals surface area contributed by atoms with E-state index in [-0.39, 0.29) is 40.6 Å². The van der Waals surface area contributed by atoms with Crippen LogP contribution in [0.15, 0.2) is 18.0 Å². The molecule has 2 N–H and O–H groups in total. The molecule has 8 nitrogen and oxygen atoms in total. The van der Waals surface area contributed by atoms with Crippen molar-refractivity contribution in [2.45, 2.75) is 70.3 Å². The molecule has 3 atom stereocenters. The SMILES string of the molecule is C=C(S)c1c2[n-]c(c1C)/C=C1\[N-]/C(=C\c3[n-]c(c(CCC(=O)O)c3C)/C=c3\[n-]/c(c(C)c3CCC(=O)O)=C\2)C(C)[C@]12[SH+]C2C.[Fe+4]. The van der Waals surface area contributed by atoms with Crippen LogP contribution in [0, 0.1) is 26.7 Å². The standard InChI is InChI=1S/C34H34N4O4S2.Fe/c1-15-21(7-9-31(39)40)27-13-28-22(8-10-32(41)42)16(2)24(36-28)12-29-33(19(5)43)17(3)25(37-29)14-30-34(20(6)44-34)18(4)26(38-30)11-23(15)35-27;/h11-14,18,20,43H,5,7-10H2,1-4,6H3,(H,39,40)(H,41,42);/q-4;+4/p+1/b24-12-,26-11-,28-13-,30-14-;/t18?,20?,34-;/m1./s1. The van der Waals surface area contributed by atoms with Gasteiger partial charge in [-0.1, -0.05) is 71.3 Å². The van der Waals surface area contributed by atoms with Crippen LogP contribution in [-0.4, -0.2) is 32.1 Å². The van der Waals surface area contributed by atoms with Crippen LogP contribution in [0.4, 0.5) is 0 Å². The maximum atomic E-state index is 11.6. The van der Waals surface area contributed by atoms with Crippen molar-refractivity contribution in [2.24, 2.45) is 5.92 Å². The number of aromatic nitrogens is 3. The van der Waals surface area contributed by atoms with Gasteiger partial charge in [0.2, 0.25) is 0 Å². The van der Waals surface area contributed by atoms with Gasteiger partial charge in [-0.15, -0.1) is 46.1 Å². The first-order chi connectivity index (χ1) is 20.8. The summed E-state index contributed by atoms with van der Waals surface area (Å²) in [6.45, 7) is 14.5. The van der Waals surface area contributed by atoms with E-state index in [2.05, 4.69) is 39.1 Å². The minimum Gasteiger partial charge on any atom is -0.660 e. The predicted molar refractivity (Wildman–Crippen MR) is 179 cm³/mol. The molecule has 0 aromatic carbocycles. The molecule has 3 aliphatic heterocycles. The Morgan fingerprint density at radius 3 is 2.02 bits per heavy atom. The molecule has 1 spiro atoms. The van der Waals surface area contributed by atoms with Gasteiger partial charge in [0.25, 0.3) is 0 Å². The number of carboxylic acids is 2. The zero-order valence-electron chi connectivity index (χ0n) is 25.7. The van der Waals surface area contributed by atoms with Crippen molar-refractivity contribution >= 4 is 65.5 Å². The summed E-state index contributed by atoms with van der Waals surface area (Å²) in [7, 11) is 0. The summed E-state index contributed by atoms with van der Waals surface area (Å²) in [6, 6.07) is 0. The summed E-state index contributed by atoms with van der Waals surface area (Å²) in [5, 5.41) is 25.9. The normalized spacial score (nSPS) is 25.0. The van der Waals surface area contributed by atoms with Gasteiger partial charge in [0, 0.05) is 23.7 Å². The molecule has 6 rings (SSSR count). The van der Waals surface area contributed by atoms with Gasteiger partial charge >= 0.3 is 29.0 Å². The predicted octanol–water partition coefficient (Wildman–Crippen LogP) is 3.75. The number of fused-ring (bicyclic) bond motifs is 9. The van der Waals surface area contributed by atoms with E-state index in [1.165, 1.54) is 11.8 Å². The van der Waals surface area contributed by atoms with Crippen molar-refractivity contribution in [1.82, 2.24) is 15.0 Å². The zero-order chi connectivity index (χ0) is 31.7. The Kier molecular flexibility index (Phi) is 8.96. The summed E-state index contributed by atoms with van der Waals surface area (Å²) in [6.07, 6.45) is 8.46. The van der Waals surface area contributed by atoms with Crippen molar-refractivity contribution in [3.8, 4) is 0 Å². The average Bonchev–Trinajstić information content (AvgIpc) is 3.08. The smallest absolute Gasteiger partial charge is 0.660 e. The number of thiol groups is 2. The monoisotopic (exact) mass is 683 g/mol. The first-order valence-corrected chi connectivity index (χ1v) is 16.1. The summed E-state index contributed by atoms with van der Waals surface area (Å²) in [5.41, 5.74) is 10.1. The van der Waals surface area contributed by atoms with Crippen molar-refractivity contribution < 1.29 is 36.9 Å². The molecule has 3 aromatic heterocycles. The molecule has 0 aliphatic carbocycles. The van der Waals surface area contributed by atoms with E-state index < -0.39 is 11.9 Å². The summed E-state index contributed by atoms with van der Waals surface area (Å²) in [4.78, 5) is 38.8. The zero-order valence-corrected chi connectivity index (χ0v) is 28.6. The number of carboxylic acid groups (broad SMARTS) is 2. The Hall–Kier alpha value is -3.24. The first kappa shape index (κ1) is 33.1. The quantitative estimate of drug-likeness (QED) is 0.150. The Labute approximate surface area is 282 Å². The number of aliphatic carboxylic acids is 2. The van der Waals surface area contributed by atoms with E-state index in [1.54, 1.807) is 0 Å². The molecule has 45 heavy (non-hydrogen) atoms. The molecule has 11 heteroatoms. The minimum atomic E-state index is -0.895. The number of nitrogens with zero attached hydrogens (tertiary/aromatic N) is 4. The van der Waals surface area contributed by atoms with Gasteiger partial charge in [-0.3, -0.25) is 9.59 Å². The van der Waals surface area contributed by atoms with Gasteiger partial charge in [0.05, 0.1) is 0 Å². The Morgan fingerprint density at radius 1 is 0.844 bits per heavy atom. The van der Waals surface area contributed by atoms with Crippen LogP contribution in [0.2, 0.25) is 0 Å². The van der Waals surface area contributed by atoms with Crippen LogP contribution in [0.1, 0.15) is 82.8 Å². The third-order valence-electron chi connectivity index (χ3n) is 9.34. The van der Waals surface area contributed by atoms with E-state index in [0.717, 1.165) is 56.2 Å². The number of hydrogen-bond donors (Lipinski definition) is 3. The second kappa shape index (κ2) is 12.2. The first-order valence-electron chi connectivity index (χ1n) is 14.7. The minimum absolute atomic E-state index is 0. The Morgan fingerprint density at radius 2 is 1.42 bits per heavy atom. The summed E-state index contributed by atoms with van der Waals surface area (Å²) < 4.78 is -0.0911. The molecule has 3 aliphatic rings. The molecule has 2 fully saturated rings. The molecule has 2 saturated heterocycles. The number of hydrogen-bond acceptors (Lipinski definition) is 3. The van der Waals surface area contributed by atoms with Crippen LogP contribution in [0.3, 0.4) is 0 Å². The van der Waals surface area contributed by atoms with E-state index in [0.29, 0.717) is 45.1 Å². The second-order valence-corrected chi connectivity index (χ2v) is 14.3. The molecule has 0 amide bonds. The average molecular weight is 684 g/mol. The fourth-order valence-electron chi connectivity index (χ4n) is 6.71. The Balaban J connectivity index is 0.00000400. The number of rotatable bonds is 7. The van der Waals surface area contributed by atoms with Crippen molar-refractivity contribution in [2.75, 3.05) is 0 Å². The van der Waals surface area contributed by atoms with Gasteiger partial charge in [-0.25, -0.2) is 0 Å². The second-order valence-electron chi connectivity index (χ2n) is 11.9. The van der Waals surface area contributed by atoms with Gasteiger partial charge < -0.3 is 30.5 Å². The fraction of sp³-hybridized carbons (Fsp3) is 0.353. The number of carbonyl (C=O) groups is 2. The van der Waals surface area contributed by atoms with Crippen molar-refractivity contribution in [3.05, 3.63) is 90.1 Å². The van der Waals surface area contributed by atoms with E-state index >= 15 is 0 Å². The van der Waals surface area contributed by atoms with Crippen molar-refractivity contribution in [3.63, 3.8) is 0 Å². The maximum absolute atomic E-state index is 11.6. The van der Waals surface area contributed by atoms with Gasteiger partial charge in [-0.2, -0.15) is 5.70 Å². The van der Waals surface area contributed by atoms with Crippen LogP contribution in [-0.2, 0) is 51.3 Å². The Bertz CT molecular complexity index is 1950. The fourth-order valence-corrected chi connectivity index (χ4v) is 8.52. The maximum Gasteiger partial charge on any atom is 4.00 e. The summed E-state index contributed by atoms with van der Waals surface area (Å²) >= 11 is 5.95. The van der Waals surface area contributed by atoms with Crippen molar-refractivity contribution in [1.29, 1.82) is 0 Å². The molecule has 8 bridgehead atoms. The van der Waals surface area contributed by atoms with Gasteiger partial charge in [0.1, 0.15) is 0 Å². The van der Waals surface area contributed by atoms with Crippen LogP contribution in [0.25, 0.3) is 34.5 Å². The van der Waals surface area contributed by atoms with E-state index in [9.17, 15) is 19.8 Å². The molecule has 234 valence electrons. The van der Waals surface area contributed by atoms with Crippen LogP contribution in [0.5, 0.6) is 0 Å². The van der Waals surface area contributed by atoms with Gasteiger partial charge in [0.15, 0.2) is 10.00 Å². The van der Waals surface area contributed by atoms with Crippen LogP contribution < -0.4 is 25.7 Å². The van der Waals surface area contributed by atoms with Gasteiger partial charge in [-0.05, 0) is 57.9 Å².